The van der Waals surface area contributed by atoms with Gasteiger partial charge in [0, 0.05) is 17.1 Å². The highest BCUT2D eigenvalue weighted by atomic mass is 16.3. The Morgan fingerprint density at radius 2 is 2.00 bits per heavy atom. The van der Waals surface area contributed by atoms with E-state index in [2.05, 4.69) is 20.1 Å². The molecule has 7 nitrogen and oxygen atoms in total. The molecule has 0 bridgehead atoms. The third kappa shape index (κ3) is 2.69. The van der Waals surface area contributed by atoms with Crippen molar-refractivity contribution in [3.05, 3.63) is 77.5 Å². The Morgan fingerprint density at radius 3 is 2.86 bits per heavy atom. The molecule has 0 aliphatic rings. The van der Waals surface area contributed by atoms with E-state index < -0.39 is 0 Å². The van der Waals surface area contributed by atoms with Crippen molar-refractivity contribution in [3.63, 3.8) is 0 Å². The van der Waals surface area contributed by atoms with E-state index in [4.69, 9.17) is 0 Å². The Kier molecular flexibility index (Phi) is 3.63. The van der Waals surface area contributed by atoms with Gasteiger partial charge in [0.25, 0.3) is 0 Å². The van der Waals surface area contributed by atoms with Crippen molar-refractivity contribution < 1.29 is 9.90 Å². The number of fused-ring (bicyclic) bond motifs is 2. The predicted octanol–water partition coefficient (Wildman–Crippen LogP) is 3.26. The van der Waals surface area contributed by atoms with E-state index in [1.807, 2.05) is 49.4 Å². The number of rotatable bonds is 4. The summed E-state index contributed by atoms with van der Waals surface area (Å²) in [4.78, 5) is 23.6. The largest absolute Gasteiger partial charge is 0.392 e. The number of aromatic amines is 2. The molecule has 0 amide bonds. The number of aromatic nitrogens is 5. The lowest BCUT2D eigenvalue weighted by Crippen LogP contribution is -2.00. The molecule has 28 heavy (non-hydrogen) atoms. The summed E-state index contributed by atoms with van der Waals surface area (Å²) in [7, 11) is 0. The van der Waals surface area contributed by atoms with Gasteiger partial charge >= 0.3 is 0 Å². The molecule has 2 aromatic carbocycles. The molecule has 0 atom stereocenters. The van der Waals surface area contributed by atoms with Gasteiger partial charge in [0.05, 0.1) is 40.8 Å². The van der Waals surface area contributed by atoms with Gasteiger partial charge < -0.3 is 15.1 Å². The van der Waals surface area contributed by atoms with Crippen LogP contribution < -0.4 is 0 Å². The highest BCUT2D eigenvalue weighted by molar-refractivity contribution is 6.09. The summed E-state index contributed by atoms with van der Waals surface area (Å²) in [5.74, 6) is 0.720. The highest BCUT2D eigenvalue weighted by Gasteiger charge is 2.15. The molecule has 5 rings (SSSR count). The van der Waals surface area contributed by atoms with E-state index in [0.29, 0.717) is 11.3 Å². The minimum atomic E-state index is -0.133. The first-order chi connectivity index (χ1) is 13.6. The minimum absolute atomic E-state index is 0.0365. The average molecular weight is 371 g/mol. The van der Waals surface area contributed by atoms with Gasteiger partial charge in [-0.1, -0.05) is 12.1 Å². The number of carbonyl (C=O) groups is 1. The van der Waals surface area contributed by atoms with Crippen LogP contribution in [0, 0.1) is 6.92 Å². The molecule has 0 saturated carbocycles. The molecule has 7 heteroatoms. The Labute approximate surface area is 159 Å². The zero-order chi connectivity index (χ0) is 19.3. The van der Waals surface area contributed by atoms with E-state index in [1.54, 1.807) is 17.1 Å². The molecule has 5 aromatic rings. The summed E-state index contributed by atoms with van der Waals surface area (Å²) >= 11 is 0. The maximum Gasteiger partial charge on any atom is 0.212 e. The maximum absolute atomic E-state index is 12.9. The maximum atomic E-state index is 12.9. The summed E-state index contributed by atoms with van der Waals surface area (Å²) in [5.41, 5.74) is 5.27. The monoisotopic (exact) mass is 371 g/mol. The van der Waals surface area contributed by atoms with Crippen LogP contribution in [0.4, 0.5) is 0 Å². The number of nitrogens with zero attached hydrogens (tertiary/aromatic N) is 3. The molecular weight excluding hydrogens is 354 g/mol. The second kappa shape index (κ2) is 6.17. The lowest BCUT2D eigenvalue weighted by Gasteiger charge is -2.00. The number of H-pyrrole nitrogens is 2. The van der Waals surface area contributed by atoms with Crippen molar-refractivity contribution >= 4 is 27.7 Å². The number of aliphatic hydroxyl groups excluding tert-OH is 1. The SMILES string of the molecule is Cc1nc2ccc(-n3cc(C(=O)c4cc5ccc(CO)cc5[nH]4)cn3)cc2[nH]1. The van der Waals surface area contributed by atoms with Crippen LogP contribution in [0.15, 0.2) is 54.9 Å². The molecule has 3 N–H and O–H groups in total. The van der Waals surface area contributed by atoms with E-state index in [1.165, 1.54) is 0 Å². The van der Waals surface area contributed by atoms with Crippen LogP contribution >= 0.6 is 0 Å². The molecule has 138 valence electrons. The number of carbonyl (C=O) groups excluding carboxylic acids is 1. The molecule has 0 unspecified atom stereocenters. The van der Waals surface area contributed by atoms with E-state index >= 15 is 0 Å². The molecule has 0 saturated heterocycles. The third-order valence-corrected chi connectivity index (χ3v) is 4.81. The number of hydrogen-bond acceptors (Lipinski definition) is 4. The quantitative estimate of drug-likeness (QED) is 0.422. The number of aliphatic hydroxyl groups is 1. The zero-order valence-electron chi connectivity index (χ0n) is 15.1. The fourth-order valence-electron chi connectivity index (χ4n) is 3.40. The number of imidazole rings is 1. The minimum Gasteiger partial charge on any atom is -0.392 e. The first-order valence-corrected chi connectivity index (χ1v) is 8.89. The van der Waals surface area contributed by atoms with Gasteiger partial charge in [0.15, 0.2) is 0 Å². The van der Waals surface area contributed by atoms with Gasteiger partial charge in [-0.25, -0.2) is 9.67 Å². The Balaban J connectivity index is 1.48. The predicted molar refractivity (Wildman–Crippen MR) is 106 cm³/mol. The lowest BCUT2D eigenvalue weighted by molar-refractivity contribution is 0.103. The van der Waals surface area contributed by atoms with Crippen molar-refractivity contribution in [3.8, 4) is 5.69 Å². The number of hydrogen-bond donors (Lipinski definition) is 3. The molecule has 3 heterocycles. The van der Waals surface area contributed by atoms with Crippen molar-refractivity contribution in [2.75, 3.05) is 0 Å². The molecule has 0 spiro atoms. The standard InChI is InChI=1S/C21H17N5O2/c1-12-23-17-5-4-16(8-19(17)24-12)26-10-15(9-22-26)21(28)20-7-14-3-2-13(11-27)6-18(14)25-20/h2-10,25,27H,11H2,1H3,(H,23,24). The van der Waals surface area contributed by atoms with Crippen LogP contribution in [0.25, 0.3) is 27.6 Å². The first kappa shape index (κ1) is 16.5. The smallest absolute Gasteiger partial charge is 0.212 e. The molecular formula is C21H17N5O2. The van der Waals surface area contributed by atoms with Crippen molar-refractivity contribution in [1.82, 2.24) is 24.7 Å². The van der Waals surface area contributed by atoms with Gasteiger partial charge in [-0.15, -0.1) is 0 Å². The van der Waals surface area contributed by atoms with E-state index in [-0.39, 0.29) is 12.4 Å². The van der Waals surface area contributed by atoms with Crippen LogP contribution in [0.5, 0.6) is 0 Å². The fourth-order valence-corrected chi connectivity index (χ4v) is 3.40. The van der Waals surface area contributed by atoms with Gasteiger partial charge in [0.2, 0.25) is 5.78 Å². The van der Waals surface area contributed by atoms with Gasteiger partial charge in [-0.05, 0) is 42.8 Å². The van der Waals surface area contributed by atoms with Crippen LogP contribution in [-0.2, 0) is 6.61 Å². The Bertz CT molecular complexity index is 1340. The third-order valence-electron chi connectivity index (χ3n) is 4.81. The number of ketones is 1. The lowest BCUT2D eigenvalue weighted by atomic mass is 10.1. The second-order valence-corrected chi connectivity index (χ2v) is 6.79. The van der Waals surface area contributed by atoms with Gasteiger partial charge in [0.1, 0.15) is 5.82 Å². The van der Waals surface area contributed by atoms with E-state index in [9.17, 15) is 9.90 Å². The topological polar surface area (TPSA) is 99.6 Å². The van der Waals surface area contributed by atoms with Crippen LogP contribution in [0.3, 0.4) is 0 Å². The summed E-state index contributed by atoms with van der Waals surface area (Å²) in [6.07, 6.45) is 3.28. The zero-order valence-corrected chi connectivity index (χ0v) is 15.1. The molecule has 0 aliphatic carbocycles. The van der Waals surface area contributed by atoms with Crippen molar-refractivity contribution in [2.45, 2.75) is 13.5 Å². The van der Waals surface area contributed by atoms with Crippen molar-refractivity contribution in [2.24, 2.45) is 0 Å². The average Bonchev–Trinajstić information content (AvgIpc) is 3.42. The number of nitrogens with one attached hydrogen (secondary N) is 2. The first-order valence-electron chi connectivity index (χ1n) is 8.89. The summed E-state index contributed by atoms with van der Waals surface area (Å²) in [6.45, 7) is 1.87. The fraction of sp³-hybridized carbons (Fsp3) is 0.0952. The Morgan fingerprint density at radius 1 is 1.11 bits per heavy atom. The van der Waals surface area contributed by atoms with E-state index in [0.717, 1.165) is 39.0 Å². The molecule has 0 fully saturated rings. The van der Waals surface area contributed by atoms with Crippen LogP contribution in [-0.4, -0.2) is 35.6 Å². The second-order valence-electron chi connectivity index (χ2n) is 6.79. The molecule has 0 aliphatic heterocycles. The number of benzene rings is 2. The number of aryl methyl sites for hydroxylation is 1. The van der Waals surface area contributed by atoms with Crippen LogP contribution in [0.1, 0.15) is 27.4 Å². The van der Waals surface area contributed by atoms with Crippen molar-refractivity contribution in [1.29, 1.82) is 0 Å². The van der Waals surface area contributed by atoms with Gasteiger partial charge in [-0.2, -0.15) is 5.10 Å². The van der Waals surface area contributed by atoms with Gasteiger partial charge in [-0.3, -0.25) is 4.79 Å². The van der Waals surface area contributed by atoms with Crippen LogP contribution in [0.2, 0.25) is 0 Å². The summed E-state index contributed by atoms with van der Waals surface area (Å²) in [6, 6.07) is 13.2. The molecule has 0 radical (unpaired) electrons. The summed E-state index contributed by atoms with van der Waals surface area (Å²) in [5, 5.41) is 14.5. The molecule has 3 aromatic heterocycles. The normalized spacial score (nSPS) is 11.5. The highest BCUT2D eigenvalue weighted by Crippen LogP contribution is 2.21. The Hall–Kier alpha value is -3.71. The summed E-state index contributed by atoms with van der Waals surface area (Å²) < 4.78 is 1.68.